The highest BCUT2D eigenvalue weighted by Crippen LogP contribution is 2.20. The molecule has 0 aliphatic carbocycles. The van der Waals surface area contributed by atoms with Gasteiger partial charge >= 0.3 is 6.03 Å². The summed E-state index contributed by atoms with van der Waals surface area (Å²) in [7, 11) is 0. The lowest BCUT2D eigenvalue weighted by Crippen LogP contribution is -2.42. The van der Waals surface area contributed by atoms with Gasteiger partial charge in [-0.05, 0) is 43.0 Å². The number of fused-ring (bicyclic) bond motifs is 1. The predicted molar refractivity (Wildman–Crippen MR) is 113 cm³/mol. The molecule has 1 saturated heterocycles. The van der Waals surface area contributed by atoms with Crippen LogP contribution in [0.3, 0.4) is 0 Å². The molecule has 2 N–H and O–H groups in total. The summed E-state index contributed by atoms with van der Waals surface area (Å²) in [5.41, 5.74) is 4.78. The minimum Gasteiger partial charge on any atom is -0.369 e. The lowest BCUT2D eigenvalue weighted by atomic mass is 10.1. The van der Waals surface area contributed by atoms with E-state index in [1.165, 1.54) is 22.2 Å². The fraction of sp³-hybridized carbons (Fsp3) is 0.364. The standard InChI is InChI=1S/C22H27N5O/c1-17-15-23-9-8-21(17)26-11-4-12-27(14-13-26)22(28)24-10-7-18-16-25-20-6-3-2-5-19(18)20/h2-3,5-6,8-9,15-16,25H,4,7,10-14H2,1H3,(H,24,28). The normalized spacial score (nSPS) is 14.9. The largest absolute Gasteiger partial charge is 0.369 e. The molecule has 1 aliphatic rings. The van der Waals surface area contributed by atoms with Gasteiger partial charge in [-0.25, -0.2) is 4.79 Å². The number of para-hydroxylation sites is 1. The fourth-order valence-electron chi connectivity index (χ4n) is 3.94. The molecule has 0 unspecified atom stereocenters. The summed E-state index contributed by atoms with van der Waals surface area (Å²) in [6, 6.07) is 10.4. The molecule has 146 valence electrons. The average molecular weight is 377 g/mol. The molecule has 6 nitrogen and oxygen atoms in total. The number of hydrogen-bond acceptors (Lipinski definition) is 3. The summed E-state index contributed by atoms with van der Waals surface area (Å²) in [5, 5.41) is 4.33. The highest BCUT2D eigenvalue weighted by molar-refractivity contribution is 5.83. The summed E-state index contributed by atoms with van der Waals surface area (Å²) >= 11 is 0. The summed E-state index contributed by atoms with van der Waals surface area (Å²) in [6.07, 6.45) is 7.57. The number of aryl methyl sites for hydroxylation is 1. The van der Waals surface area contributed by atoms with E-state index < -0.39 is 0 Å². The van der Waals surface area contributed by atoms with Crippen molar-refractivity contribution in [3.8, 4) is 0 Å². The smallest absolute Gasteiger partial charge is 0.317 e. The summed E-state index contributed by atoms with van der Waals surface area (Å²) in [5.74, 6) is 0. The zero-order valence-electron chi connectivity index (χ0n) is 16.3. The third kappa shape index (κ3) is 3.96. The van der Waals surface area contributed by atoms with Crippen molar-refractivity contribution < 1.29 is 4.79 Å². The van der Waals surface area contributed by atoms with Crippen molar-refractivity contribution >= 4 is 22.6 Å². The maximum atomic E-state index is 12.6. The highest BCUT2D eigenvalue weighted by Gasteiger charge is 2.20. The lowest BCUT2D eigenvalue weighted by Gasteiger charge is -2.25. The van der Waals surface area contributed by atoms with Crippen LogP contribution in [0.15, 0.2) is 48.9 Å². The first kappa shape index (κ1) is 18.3. The van der Waals surface area contributed by atoms with Gasteiger partial charge in [-0.15, -0.1) is 0 Å². The topological polar surface area (TPSA) is 64.3 Å². The van der Waals surface area contributed by atoms with E-state index in [1.807, 2.05) is 35.6 Å². The van der Waals surface area contributed by atoms with Crippen LogP contribution in [0.25, 0.3) is 10.9 Å². The number of H-pyrrole nitrogens is 1. The number of pyridine rings is 1. The number of aromatic amines is 1. The summed E-state index contributed by atoms with van der Waals surface area (Å²) in [6.45, 7) is 6.07. The van der Waals surface area contributed by atoms with Crippen molar-refractivity contribution in [3.05, 3.63) is 60.0 Å². The van der Waals surface area contributed by atoms with E-state index in [4.69, 9.17) is 0 Å². The number of nitrogens with one attached hydrogen (secondary N) is 2. The first-order valence-electron chi connectivity index (χ1n) is 9.96. The van der Waals surface area contributed by atoms with Crippen molar-refractivity contribution in [2.75, 3.05) is 37.6 Å². The molecular formula is C22H27N5O. The molecule has 2 amide bonds. The van der Waals surface area contributed by atoms with Gasteiger partial charge in [-0.1, -0.05) is 18.2 Å². The number of amides is 2. The van der Waals surface area contributed by atoms with E-state index in [0.29, 0.717) is 6.54 Å². The molecule has 3 aromatic rings. The Kier molecular flexibility index (Phi) is 5.46. The Morgan fingerprint density at radius 3 is 2.96 bits per heavy atom. The third-order valence-electron chi connectivity index (χ3n) is 5.46. The maximum absolute atomic E-state index is 12.6. The molecule has 0 atom stereocenters. The number of urea groups is 1. The van der Waals surface area contributed by atoms with Gasteiger partial charge in [0.15, 0.2) is 0 Å². The van der Waals surface area contributed by atoms with Crippen molar-refractivity contribution in [1.82, 2.24) is 20.2 Å². The van der Waals surface area contributed by atoms with Crippen LogP contribution in [0, 0.1) is 6.92 Å². The summed E-state index contributed by atoms with van der Waals surface area (Å²) in [4.78, 5) is 24.4. The Balaban J connectivity index is 1.30. The zero-order chi connectivity index (χ0) is 19.3. The number of carbonyl (C=O) groups is 1. The van der Waals surface area contributed by atoms with E-state index in [9.17, 15) is 4.79 Å². The van der Waals surface area contributed by atoms with Crippen LogP contribution in [0.5, 0.6) is 0 Å². The van der Waals surface area contributed by atoms with E-state index in [-0.39, 0.29) is 6.03 Å². The van der Waals surface area contributed by atoms with Gasteiger partial charge in [-0.3, -0.25) is 4.98 Å². The molecule has 1 aromatic carbocycles. The van der Waals surface area contributed by atoms with Crippen molar-refractivity contribution in [2.45, 2.75) is 19.8 Å². The quantitative estimate of drug-likeness (QED) is 0.733. The minimum absolute atomic E-state index is 0.0353. The first-order valence-corrected chi connectivity index (χ1v) is 9.96. The number of hydrogen-bond donors (Lipinski definition) is 2. The van der Waals surface area contributed by atoms with Crippen LogP contribution in [-0.4, -0.2) is 53.6 Å². The number of anilines is 1. The highest BCUT2D eigenvalue weighted by atomic mass is 16.2. The Bertz CT molecular complexity index is 951. The Labute approximate surface area is 165 Å². The molecule has 0 bridgehead atoms. The molecule has 6 heteroatoms. The Hall–Kier alpha value is -3.02. The maximum Gasteiger partial charge on any atom is 0.317 e. The molecule has 1 fully saturated rings. The van der Waals surface area contributed by atoms with Gasteiger partial charge < -0.3 is 20.1 Å². The van der Waals surface area contributed by atoms with Crippen molar-refractivity contribution in [1.29, 1.82) is 0 Å². The molecule has 2 aromatic heterocycles. The molecule has 1 aliphatic heterocycles. The van der Waals surface area contributed by atoms with Crippen LogP contribution >= 0.6 is 0 Å². The number of benzene rings is 1. The second kappa shape index (κ2) is 8.33. The van der Waals surface area contributed by atoms with E-state index in [0.717, 1.165) is 44.5 Å². The molecule has 4 rings (SSSR count). The van der Waals surface area contributed by atoms with Crippen LogP contribution in [0.1, 0.15) is 17.5 Å². The minimum atomic E-state index is 0.0353. The molecule has 3 heterocycles. The number of rotatable bonds is 4. The molecule has 0 spiro atoms. The van der Waals surface area contributed by atoms with Gasteiger partial charge in [0.25, 0.3) is 0 Å². The summed E-state index contributed by atoms with van der Waals surface area (Å²) < 4.78 is 0. The van der Waals surface area contributed by atoms with E-state index in [1.54, 1.807) is 0 Å². The number of aromatic nitrogens is 2. The van der Waals surface area contributed by atoms with Crippen LogP contribution in [-0.2, 0) is 6.42 Å². The second-order valence-electron chi connectivity index (χ2n) is 7.33. The molecule has 0 radical (unpaired) electrons. The SMILES string of the molecule is Cc1cnccc1N1CCCN(C(=O)NCCc2c[nH]c3ccccc23)CC1. The average Bonchev–Trinajstić information content (AvgIpc) is 2.96. The predicted octanol–water partition coefficient (Wildman–Crippen LogP) is 3.34. The number of nitrogens with zero attached hydrogens (tertiary/aromatic N) is 3. The van der Waals surface area contributed by atoms with Crippen molar-refractivity contribution in [2.24, 2.45) is 0 Å². The Morgan fingerprint density at radius 1 is 1.18 bits per heavy atom. The van der Waals surface area contributed by atoms with Gasteiger partial charge in [0.05, 0.1) is 0 Å². The first-order chi connectivity index (χ1) is 13.7. The van der Waals surface area contributed by atoms with Crippen LogP contribution in [0.2, 0.25) is 0 Å². The fourth-order valence-corrected chi connectivity index (χ4v) is 3.94. The molecule has 28 heavy (non-hydrogen) atoms. The van der Waals surface area contributed by atoms with Gasteiger partial charge in [0.1, 0.15) is 0 Å². The molecular weight excluding hydrogens is 350 g/mol. The van der Waals surface area contributed by atoms with E-state index >= 15 is 0 Å². The van der Waals surface area contributed by atoms with Crippen LogP contribution < -0.4 is 10.2 Å². The number of carbonyl (C=O) groups excluding carboxylic acids is 1. The Morgan fingerprint density at radius 2 is 2.07 bits per heavy atom. The van der Waals surface area contributed by atoms with Crippen LogP contribution in [0.4, 0.5) is 10.5 Å². The second-order valence-corrected chi connectivity index (χ2v) is 7.33. The zero-order valence-corrected chi connectivity index (χ0v) is 16.3. The van der Waals surface area contributed by atoms with Gasteiger partial charge in [0, 0.05) is 67.9 Å². The molecule has 0 saturated carbocycles. The third-order valence-corrected chi connectivity index (χ3v) is 5.46. The van der Waals surface area contributed by atoms with Gasteiger partial charge in [0.2, 0.25) is 0 Å². The van der Waals surface area contributed by atoms with Crippen molar-refractivity contribution in [3.63, 3.8) is 0 Å². The van der Waals surface area contributed by atoms with Gasteiger partial charge in [-0.2, -0.15) is 0 Å². The lowest BCUT2D eigenvalue weighted by molar-refractivity contribution is 0.201. The van der Waals surface area contributed by atoms with E-state index in [2.05, 4.69) is 45.3 Å². The monoisotopic (exact) mass is 377 g/mol.